The van der Waals surface area contributed by atoms with Gasteiger partial charge in [-0.15, -0.1) is 0 Å². The number of rotatable bonds is 7. The van der Waals surface area contributed by atoms with Crippen LogP contribution in [0, 0.1) is 11.2 Å². The topological polar surface area (TPSA) is 75.4 Å². The van der Waals surface area contributed by atoms with Gasteiger partial charge in [0, 0.05) is 45.0 Å². The Labute approximate surface area is 188 Å². The molecule has 1 saturated carbocycles. The van der Waals surface area contributed by atoms with Crippen LogP contribution in [-0.2, 0) is 22.4 Å². The zero-order valence-corrected chi connectivity index (χ0v) is 18.7. The first-order valence-corrected chi connectivity index (χ1v) is 11.7. The molecule has 1 aliphatic carbocycles. The lowest BCUT2D eigenvalue weighted by atomic mass is 9.81. The summed E-state index contributed by atoms with van der Waals surface area (Å²) in [4.78, 5) is 27.4. The summed E-state index contributed by atoms with van der Waals surface area (Å²) in [6.07, 6.45) is 7.55. The van der Waals surface area contributed by atoms with Crippen molar-refractivity contribution in [2.24, 2.45) is 5.41 Å². The second-order valence-electron chi connectivity index (χ2n) is 9.25. The van der Waals surface area contributed by atoms with Crippen molar-refractivity contribution in [3.8, 4) is 0 Å². The number of carbonyl (C=O) groups excluding carboxylic acids is 2. The Kier molecular flexibility index (Phi) is 6.92. The summed E-state index contributed by atoms with van der Waals surface area (Å²) in [5, 5.41) is 7.08. The molecule has 0 bridgehead atoms. The normalized spacial score (nSPS) is 21.6. The molecule has 0 unspecified atom stereocenters. The Hall–Kier alpha value is -2.70. The lowest BCUT2D eigenvalue weighted by Crippen LogP contribution is -2.44. The van der Waals surface area contributed by atoms with E-state index in [0.29, 0.717) is 49.6 Å². The number of aromatic nitrogens is 1. The van der Waals surface area contributed by atoms with Gasteiger partial charge in [0.15, 0.2) is 0 Å². The number of aryl methyl sites for hydroxylation is 1. The van der Waals surface area contributed by atoms with Crippen molar-refractivity contribution in [1.29, 1.82) is 0 Å². The molecule has 2 aliphatic rings. The van der Waals surface area contributed by atoms with Crippen LogP contribution in [0.1, 0.15) is 67.9 Å². The average Bonchev–Trinajstić information content (AvgIpc) is 3.47. The van der Waals surface area contributed by atoms with E-state index in [2.05, 4.69) is 10.5 Å². The largest absolute Gasteiger partial charge is 0.361 e. The van der Waals surface area contributed by atoms with Crippen LogP contribution in [0.25, 0.3) is 0 Å². The Morgan fingerprint density at radius 2 is 2.03 bits per heavy atom. The third-order valence-electron chi connectivity index (χ3n) is 7.09. The first-order chi connectivity index (χ1) is 15.5. The van der Waals surface area contributed by atoms with E-state index in [-0.39, 0.29) is 24.1 Å². The molecule has 1 aromatic heterocycles. The van der Waals surface area contributed by atoms with Crippen molar-refractivity contribution in [3.63, 3.8) is 0 Å². The summed E-state index contributed by atoms with van der Waals surface area (Å²) in [5.41, 5.74) is 0.795. The van der Waals surface area contributed by atoms with Crippen molar-refractivity contribution in [1.82, 2.24) is 15.4 Å². The highest BCUT2D eigenvalue weighted by molar-refractivity contribution is 5.85. The van der Waals surface area contributed by atoms with Crippen LogP contribution in [0.2, 0.25) is 0 Å². The number of hydrogen-bond acceptors (Lipinski definition) is 4. The SMILES string of the molecule is CNC(=O)[C@]1(Cc2cc(C3CCCCC3)no2)CCN(C(=O)CCc2ccccc2F)C1. The van der Waals surface area contributed by atoms with Crippen LogP contribution in [0.15, 0.2) is 34.9 Å². The molecule has 4 rings (SSSR count). The molecule has 2 amide bonds. The van der Waals surface area contributed by atoms with Crippen molar-refractivity contribution in [2.45, 2.75) is 63.7 Å². The molecule has 172 valence electrons. The Morgan fingerprint density at radius 3 is 2.78 bits per heavy atom. The molecule has 2 fully saturated rings. The van der Waals surface area contributed by atoms with Crippen LogP contribution in [-0.4, -0.2) is 42.0 Å². The molecule has 1 atom stereocenters. The third-order valence-corrected chi connectivity index (χ3v) is 7.09. The van der Waals surface area contributed by atoms with Crippen LogP contribution in [0.5, 0.6) is 0 Å². The Morgan fingerprint density at radius 1 is 1.25 bits per heavy atom. The lowest BCUT2D eigenvalue weighted by Gasteiger charge is -2.26. The first-order valence-electron chi connectivity index (χ1n) is 11.7. The van der Waals surface area contributed by atoms with E-state index in [0.717, 1.165) is 18.5 Å². The van der Waals surface area contributed by atoms with Crippen molar-refractivity contribution < 1.29 is 18.5 Å². The van der Waals surface area contributed by atoms with Gasteiger partial charge in [-0.3, -0.25) is 9.59 Å². The highest BCUT2D eigenvalue weighted by Crippen LogP contribution is 2.37. The van der Waals surface area contributed by atoms with Crippen LogP contribution >= 0.6 is 0 Å². The number of hydrogen-bond donors (Lipinski definition) is 1. The van der Waals surface area contributed by atoms with E-state index in [1.54, 1.807) is 30.1 Å². The van der Waals surface area contributed by atoms with Gasteiger partial charge in [-0.2, -0.15) is 0 Å². The van der Waals surface area contributed by atoms with Crippen molar-refractivity contribution >= 4 is 11.8 Å². The van der Waals surface area contributed by atoms with Gasteiger partial charge >= 0.3 is 0 Å². The van der Waals surface area contributed by atoms with Gasteiger partial charge in [0.1, 0.15) is 11.6 Å². The molecule has 7 heteroatoms. The fraction of sp³-hybridized carbons (Fsp3) is 0.560. The monoisotopic (exact) mass is 441 g/mol. The molecule has 6 nitrogen and oxygen atoms in total. The van der Waals surface area contributed by atoms with Crippen molar-refractivity contribution in [3.05, 3.63) is 53.2 Å². The van der Waals surface area contributed by atoms with Crippen molar-refractivity contribution in [2.75, 3.05) is 20.1 Å². The van der Waals surface area contributed by atoms with Gasteiger partial charge < -0.3 is 14.7 Å². The number of likely N-dealkylation sites (tertiary alicyclic amines) is 1. The van der Waals surface area contributed by atoms with Crippen LogP contribution in [0.4, 0.5) is 4.39 Å². The fourth-order valence-electron chi connectivity index (χ4n) is 5.20. The first kappa shape index (κ1) is 22.5. The van der Waals surface area contributed by atoms with Crippen LogP contribution < -0.4 is 5.32 Å². The number of halogens is 1. The minimum Gasteiger partial charge on any atom is -0.361 e. The summed E-state index contributed by atoms with van der Waals surface area (Å²) in [7, 11) is 1.63. The maximum atomic E-state index is 13.9. The molecule has 1 aromatic carbocycles. The Balaban J connectivity index is 1.41. The molecule has 2 aromatic rings. The average molecular weight is 442 g/mol. The molecule has 1 N–H and O–H groups in total. The highest BCUT2D eigenvalue weighted by atomic mass is 19.1. The van der Waals surface area contributed by atoms with E-state index in [1.807, 2.05) is 6.07 Å². The predicted octanol–water partition coefficient (Wildman–Crippen LogP) is 4.00. The number of amides is 2. The van der Waals surface area contributed by atoms with E-state index in [9.17, 15) is 14.0 Å². The second kappa shape index (κ2) is 9.84. The maximum Gasteiger partial charge on any atom is 0.228 e. The lowest BCUT2D eigenvalue weighted by molar-refractivity contribution is -0.133. The number of benzene rings is 1. The minimum atomic E-state index is -0.730. The van der Waals surface area contributed by atoms with Gasteiger partial charge in [-0.25, -0.2) is 4.39 Å². The quantitative estimate of drug-likeness (QED) is 0.705. The predicted molar refractivity (Wildman–Crippen MR) is 118 cm³/mol. The number of nitrogens with zero attached hydrogens (tertiary/aromatic N) is 2. The highest BCUT2D eigenvalue weighted by Gasteiger charge is 2.46. The maximum absolute atomic E-state index is 13.9. The zero-order valence-electron chi connectivity index (χ0n) is 18.7. The standard InChI is InChI=1S/C25H32FN3O3/c1-27-24(31)25(16-20-15-22(28-32-20)19-8-3-2-4-9-19)13-14-29(17-25)23(30)12-11-18-7-5-6-10-21(18)26/h5-7,10,15,19H,2-4,8-9,11-14,16-17H2,1H3,(H,27,31)/t25-/m0/s1. The number of carbonyl (C=O) groups is 2. The van der Waals surface area contributed by atoms with Crippen LogP contribution in [0.3, 0.4) is 0 Å². The van der Waals surface area contributed by atoms with Gasteiger partial charge in [0.2, 0.25) is 11.8 Å². The summed E-state index contributed by atoms with van der Waals surface area (Å²) in [6.45, 7) is 0.843. The molecule has 1 aliphatic heterocycles. The van der Waals surface area contributed by atoms with Gasteiger partial charge in [-0.1, -0.05) is 42.6 Å². The van der Waals surface area contributed by atoms with Gasteiger partial charge in [0.05, 0.1) is 11.1 Å². The Bertz CT molecular complexity index is 953. The molecular weight excluding hydrogens is 409 g/mol. The molecular formula is C25H32FN3O3. The van der Waals surface area contributed by atoms with E-state index < -0.39 is 5.41 Å². The molecule has 0 spiro atoms. The summed E-state index contributed by atoms with van der Waals surface area (Å²) in [5.74, 6) is 0.713. The molecule has 32 heavy (non-hydrogen) atoms. The summed E-state index contributed by atoms with van der Waals surface area (Å²) < 4.78 is 19.5. The second-order valence-corrected chi connectivity index (χ2v) is 9.25. The molecule has 1 saturated heterocycles. The van der Waals surface area contributed by atoms with E-state index >= 15 is 0 Å². The van der Waals surface area contributed by atoms with Gasteiger partial charge in [0.25, 0.3) is 0 Å². The zero-order chi connectivity index (χ0) is 22.6. The molecule has 2 heterocycles. The summed E-state index contributed by atoms with van der Waals surface area (Å²) >= 11 is 0. The third kappa shape index (κ3) is 4.87. The minimum absolute atomic E-state index is 0.0560. The fourth-order valence-corrected chi connectivity index (χ4v) is 5.20. The summed E-state index contributed by atoms with van der Waals surface area (Å²) in [6, 6.07) is 8.53. The van der Waals surface area contributed by atoms with E-state index in [1.165, 1.54) is 25.3 Å². The molecule has 0 radical (unpaired) electrons. The van der Waals surface area contributed by atoms with E-state index in [4.69, 9.17) is 4.52 Å². The van der Waals surface area contributed by atoms with Gasteiger partial charge in [-0.05, 0) is 37.3 Å². The smallest absolute Gasteiger partial charge is 0.228 e. The number of nitrogens with one attached hydrogen (secondary N) is 1.